The number of thiophene rings is 1. The Hall–Kier alpha value is -1.87. The molecule has 2 fully saturated rings. The van der Waals surface area contributed by atoms with Gasteiger partial charge >= 0.3 is 0 Å². The molecule has 0 amide bonds. The van der Waals surface area contributed by atoms with Gasteiger partial charge in [0.25, 0.3) is 10.0 Å². The van der Waals surface area contributed by atoms with Gasteiger partial charge in [0.15, 0.2) is 11.7 Å². The first-order valence-electron chi connectivity index (χ1n) is 10.1. The minimum absolute atomic E-state index is 0.343. The first-order chi connectivity index (χ1) is 14.5. The normalized spacial score (nSPS) is 18.5. The summed E-state index contributed by atoms with van der Waals surface area (Å²) in [5, 5.41) is 0.682. The molecule has 3 heterocycles. The summed E-state index contributed by atoms with van der Waals surface area (Å²) in [5.74, 6) is 1.83. The number of halogens is 1. The van der Waals surface area contributed by atoms with Crippen LogP contribution in [0.4, 0.5) is 5.69 Å². The fraction of sp³-hybridized carbons (Fsp3) is 0.381. The third-order valence-corrected chi connectivity index (χ3v) is 9.51. The van der Waals surface area contributed by atoms with Crippen LogP contribution < -0.4 is 4.90 Å². The number of piperazine rings is 1. The zero-order valence-electron chi connectivity index (χ0n) is 16.3. The highest BCUT2D eigenvalue weighted by molar-refractivity contribution is 7.91. The molecule has 5 rings (SSSR count). The standard InChI is InChI=1S/C21H22ClN3O3S2/c22-16-5-2-6-17(13-16)24-9-11-25(12-10-24)30(26,27)20-8-7-19(29-20)18-14-23-21(28-18)15-3-1-4-15/h2,5-8,13-15H,1,3-4,9-12H2. The lowest BCUT2D eigenvalue weighted by Gasteiger charge is -2.35. The van der Waals surface area contributed by atoms with Gasteiger partial charge in [-0.25, -0.2) is 13.4 Å². The molecule has 0 radical (unpaired) electrons. The molecule has 2 aliphatic rings. The van der Waals surface area contributed by atoms with E-state index in [1.165, 1.54) is 17.8 Å². The minimum atomic E-state index is -3.53. The van der Waals surface area contributed by atoms with E-state index in [9.17, 15) is 8.42 Å². The van der Waals surface area contributed by atoms with Crippen LogP contribution in [0.25, 0.3) is 10.6 Å². The van der Waals surface area contributed by atoms with Crippen LogP contribution in [0, 0.1) is 0 Å². The van der Waals surface area contributed by atoms with Crippen LogP contribution in [-0.2, 0) is 10.0 Å². The van der Waals surface area contributed by atoms with Crippen molar-refractivity contribution < 1.29 is 12.8 Å². The molecule has 0 unspecified atom stereocenters. The maximum atomic E-state index is 13.1. The molecule has 0 spiro atoms. The lowest BCUT2D eigenvalue weighted by Crippen LogP contribution is -2.48. The highest BCUT2D eigenvalue weighted by atomic mass is 35.5. The van der Waals surface area contributed by atoms with Crippen LogP contribution in [-0.4, -0.2) is 43.9 Å². The molecule has 1 aromatic carbocycles. The summed E-state index contributed by atoms with van der Waals surface area (Å²) in [6, 6.07) is 11.1. The zero-order valence-corrected chi connectivity index (χ0v) is 18.7. The first-order valence-corrected chi connectivity index (χ1v) is 12.7. The number of hydrogen-bond acceptors (Lipinski definition) is 6. The van der Waals surface area contributed by atoms with Crippen molar-refractivity contribution >= 4 is 38.6 Å². The Balaban J connectivity index is 1.28. The second-order valence-electron chi connectivity index (χ2n) is 7.68. The Labute approximate surface area is 185 Å². The van der Waals surface area contributed by atoms with Crippen molar-refractivity contribution in [2.45, 2.75) is 29.4 Å². The Bertz CT molecular complexity index is 1150. The molecule has 1 saturated carbocycles. The van der Waals surface area contributed by atoms with E-state index in [-0.39, 0.29) is 0 Å². The molecular formula is C21H22ClN3O3S2. The van der Waals surface area contributed by atoms with Gasteiger partial charge in [-0.15, -0.1) is 11.3 Å². The molecule has 0 atom stereocenters. The van der Waals surface area contributed by atoms with Crippen molar-refractivity contribution in [3.8, 4) is 10.6 Å². The predicted molar refractivity (Wildman–Crippen MR) is 119 cm³/mol. The van der Waals surface area contributed by atoms with Gasteiger partial charge in [-0.2, -0.15) is 4.31 Å². The van der Waals surface area contributed by atoms with Crippen LogP contribution >= 0.6 is 22.9 Å². The van der Waals surface area contributed by atoms with Gasteiger partial charge in [-0.3, -0.25) is 0 Å². The van der Waals surface area contributed by atoms with E-state index in [4.69, 9.17) is 16.0 Å². The molecule has 158 valence electrons. The fourth-order valence-corrected chi connectivity index (χ4v) is 6.84. The summed E-state index contributed by atoms with van der Waals surface area (Å²) in [7, 11) is -3.53. The van der Waals surface area contributed by atoms with E-state index in [1.54, 1.807) is 16.6 Å². The Morgan fingerprint density at radius 1 is 1.10 bits per heavy atom. The van der Waals surface area contributed by atoms with E-state index in [0.717, 1.165) is 29.3 Å². The van der Waals surface area contributed by atoms with Gasteiger partial charge in [0.2, 0.25) is 0 Å². The van der Waals surface area contributed by atoms with Gasteiger partial charge in [0.1, 0.15) is 4.21 Å². The third-order valence-electron chi connectivity index (χ3n) is 5.81. The van der Waals surface area contributed by atoms with Gasteiger partial charge in [-0.05, 0) is 43.2 Å². The second-order valence-corrected chi connectivity index (χ2v) is 11.4. The van der Waals surface area contributed by atoms with Crippen molar-refractivity contribution in [2.24, 2.45) is 0 Å². The topological polar surface area (TPSA) is 66.7 Å². The molecule has 3 aromatic rings. The molecule has 9 heteroatoms. The molecule has 1 saturated heterocycles. The third kappa shape index (κ3) is 3.77. The minimum Gasteiger partial charge on any atom is -0.440 e. The summed E-state index contributed by atoms with van der Waals surface area (Å²) in [6.07, 6.45) is 5.16. The number of oxazole rings is 1. The SMILES string of the molecule is O=S(=O)(c1ccc(-c2cnc(C3CCC3)o2)s1)N1CCN(c2cccc(Cl)c2)CC1. The Kier molecular flexibility index (Phi) is 5.35. The van der Waals surface area contributed by atoms with Crippen LogP contribution in [0.5, 0.6) is 0 Å². The van der Waals surface area contributed by atoms with Gasteiger partial charge < -0.3 is 9.32 Å². The molecule has 0 N–H and O–H groups in total. The van der Waals surface area contributed by atoms with Crippen molar-refractivity contribution in [2.75, 3.05) is 31.1 Å². The van der Waals surface area contributed by atoms with E-state index in [1.807, 2.05) is 30.3 Å². The molecule has 30 heavy (non-hydrogen) atoms. The van der Waals surface area contributed by atoms with Crippen LogP contribution in [0.1, 0.15) is 31.1 Å². The summed E-state index contributed by atoms with van der Waals surface area (Å²) in [4.78, 5) is 7.34. The largest absolute Gasteiger partial charge is 0.440 e. The molecule has 1 aliphatic heterocycles. The maximum absolute atomic E-state index is 13.1. The van der Waals surface area contributed by atoms with Crippen molar-refractivity contribution in [1.29, 1.82) is 0 Å². The summed E-state index contributed by atoms with van der Waals surface area (Å²) in [6.45, 7) is 2.14. The number of anilines is 1. The summed E-state index contributed by atoms with van der Waals surface area (Å²) >= 11 is 7.33. The van der Waals surface area contributed by atoms with E-state index in [2.05, 4.69) is 9.88 Å². The van der Waals surface area contributed by atoms with E-state index < -0.39 is 10.0 Å². The van der Waals surface area contributed by atoms with Crippen LogP contribution in [0.3, 0.4) is 0 Å². The van der Waals surface area contributed by atoms with Crippen molar-refractivity contribution in [1.82, 2.24) is 9.29 Å². The lowest BCUT2D eigenvalue weighted by atomic mass is 9.85. The number of aromatic nitrogens is 1. The molecular weight excluding hydrogens is 442 g/mol. The smallest absolute Gasteiger partial charge is 0.252 e. The molecule has 0 bridgehead atoms. The van der Waals surface area contributed by atoms with Crippen molar-refractivity contribution in [3.63, 3.8) is 0 Å². The molecule has 1 aliphatic carbocycles. The number of rotatable bonds is 5. The fourth-order valence-electron chi connectivity index (χ4n) is 3.82. The average Bonchev–Trinajstić information content (AvgIpc) is 3.37. The number of nitrogens with zero attached hydrogens (tertiary/aromatic N) is 3. The Morgan fingerprint density at radius 2 is 1.90 bits per heavy atom. The second kappa shape index (κ2) is 8.00. The first kappa shape index (κ1) is 20.1. The number of benzene rings is 1. The van der Waals surface area contributed by atoms with Crippen LogP contribution in [0.2, 0.25) is 5.02 Å². The number of hydrogen-bond donors (Lipinski definition) is 0. The molecule has 2 aromatic heterocycles. The predicted octanol–water partition coefficient (Wildman–Crippen LogP) is 4.83. The van der Waals surface area contributed by atoms with E-state index >= 15 is 0 Å². The van der Waals surface area contributed by atoms with Gasteiger partial charge in [0.05, 0.1) is 11.1 Å². The van der Waals surface area contributed by atoms with Gasteiger partial charge in [-0.1, -0.05) is 24.1 Å². The lowest BCUT2D eigenvalue weighted by molar-refractivity contribution is 0.338. The highest BCUT2D eigenvalue weighted by Gasteiger charge is 2.31. The van der Waals surface area contributed by atoms with Crippen molar-refractivity contribution in [3.05, 3.63) is 53.5 Å². The Morgan fingerprint density at radius 3 is 2.60 bits per heavy atom. The highest BCUT2D eigenvalue weighted by Crippen LogP contribution is 2.39. The van der Waals surface area contributed by atoms with Gasteiger partial charge in [0, 0.05) is 42.8 Å². The maximum Gasteiger partial charge on any atom is 0.252 e. The average molecular weight is 464 g/mol. The number of sulfonamides is 1. The van der Waals surface area contributed by atoms with Crippen LogP contribution in [0.15, 0.2) is 51.2 Å². The summed E-state index contributed by atoms with van der Waals surface area (Å²) < 4.78 is 34.1. The molecule has 6 nitrogen and oxygen atoms in total. The monoisotopic (exact) mass is 463 g/mol. The summed E-state index contributed by atoms with van der Waals surface area (Å²) in [5.41, 5.74) is 1.02. The zero-order chi connectivity index (χ0) is 20.7. The van der Waals surface area contributed by atoms with E-state index in [0.29, 0.717) is 47.1 Å². The quantitative estimate of drug-likeness (QED) is 0.541.